The Bertz CT molecular complexity index is 1230. The Balaban J connectivity index is 1.65. The highest BCUT2D eigenvalue weighted by molar-refractivity contribution is 6.30. The van der Waals surface area contributed by atoms with Gasteiger partial charge >= 0.3 is 0 Å². The van der Waals surface area contributed by atoms with Crippen molar-refractivity contribution in [2.75, 3.05) is 6.54 Å². The van der Waals surface area contributed by atoms with E-state index < -0.39 is 5.82 Å². The highest BCUT2D eigenvalue weighted by Crippen LogP contribution is 2.32. The lowest BCUT2D eigenvalue weighted by Crippen LogP contribution is -2.21. The van der Waals surface area contributed by atoms with Crippen LogP contribution in [0.3, 0.4) is 0 Å². The van der Waals surface area contributed by atoms with Crippen LogP contribution in [0.15, 0.2) is 61.6 Å². The summed E-state index contributed by atoms with van der Waals surface area (Å²) in [5.41, 5.74) is 4.08. The van der Waals surface area contributed by atoms with Crippen LogP contribution in [0.2, 0.25) is 5.02 Å². The lowest BCUT2D eigenvalue weighted by Gasteiger charge is -2.23. The van der Waals surface area contributed by atoms with Crippen molar-refractivity contribution >= 4 is 28.3 Å². The second-order valence-corrected chi connectivity index (χ2v) is 7.05. The molecule has 0 atom stereocenters. The quantitative estimate of drug-likeness (QED) is 0.425. The smallest absolute Gasteiger partial charge is 0.150 e. The molecule has 0 unspecified atom stereocenters. The van der Waals surface area contributed by atoms with Crippen LogP contribution >= 0.6 is 11.6 Å². The summed E-state index contributed by atoms with van der Waals surface area (Å²) in [5, 5.41) is 10.6. The van der Waals surface area contributed by atoms with Crippen molar-refractivity contribution in [1.29, 1.82) is 5.26 Å². The van der Waals surface area contributed by atoms with Gasteiger partial charge in [0.15, 0.2) is 0 Å². The van der Waals surface area contributed by atoms with E-state index in [0.717, 1.165) is 5.56 Å². The van der Waals surface area contributed by atoms with Gasteiger partial charge < -0.3 is 14.9 Å². The van der Waals surface area contributed by atoms with Crippen LogP contribution in [0.4, 0.5) is 4.39 Å². The maximum Gasteiger partial charge on any atom is 0.150 e. The Morgan fingerprint density at radius 2 is 2.14 bits per heavy atom. The van der Waals surface area contributed by atoms with Crippen LogP contribution in [0.25, 0.3) is 27.9 Å². The van der Waals surface area contributed by atoms with E-state index in [-0.39, 0.29) is 6.54 Å². The number of hydrogen-bond acceptors (Lipinski definition) is 3. The number of nitrogens with zero attached hydrogens (tertiary/aromatic N) is 3. The summed E-state index contributed by atoms with van der Waals surface area (Å²) in [5.74, 6) is -0.402. The fourth-order valence-electron chi connectivity index (χ4n) is 3.34. The van der Waals surface area contributed by atoms with Crippen LogP contribution in [0.5, 0.6) is 0 Å². The van der Waals surface area contributed by atoms with Crippen LogP contribution in [-0.4, -0.2) is 26.4 Å². The number of halogens is 2. The highest BCUT2D eigenvalue weighted by atomic mass is 35.5. The monoisotopic (exact) mass is 405 g/mol. The molecule has 0 saturated heterocycles. The number of pyridine rings is 1. The van der Waals surface area contributed by atoms with Crippen molar-refractivity contribution in [3.63, 3.8) is 0 Å². The summed E-state index contributed by atoms with van der Waals surface area (Å²) in [6.45, 7) is 4.78. The van der Waals surface area contributed by atoms with Crippen LogP contribution < -0.4 is 0 Å². The summed E-state index contributed by atoms with van der Waals surface area (Å²) in [4.78, 5) is 12.0. The predicted molar refractivity (Wildman–Crippen MR) is 112 cm³/mol. The molecule has 7 heteroatoms. The molecule has 5 nitrogen and oxygen atoms in total. The minimum absolute atomic E-state index is 0.158. The normalized spacial score (nSPS) is 10.8. The van der Waals surface area contributed by atoms with E-state index in [2.05, 4.69) is 27.6 Å². The molecule has 0 amide bonds. The van der Waals surface area contributed by atoms with E-state index in [1.54, 1.807) is 24.5 Å². The molecule has 3 heterocycles. The SMILES string of the molecule is C=C(c1cc(-c2c(F)cnc3[nH]ccc23)c[nH]1)N(CC#N)Cc1cccc(Cl)c1. The van der Waals surface area contributed by atoms with Crippen molar-refractivity contribution in [2.45, 2.75) is 6.54 Å². The maximum atomic E-state index is 14.5. The number of H-pyrrole nitrogens is 2. The zero-order chi connectivity index (χ0) is 20.4. The molecule has 0 saturated carbocycles. The summed E-state index contributed by atoms with van der Waals surface area (Å²) >= 11 is 6.07. The third-order valence-electron chi connectivity index (χ3n) is 4.73. The first-order chi connectivity index (χ1) is 14.1. The zero-order valence-corrected chi connectivity index (χ0v) is 16.2. The number of aromatic amines is 2. The number of benzene rings is 1. The van der Waals surface area contributed by atoms with Crippen molar-refractivity contribution in [1.82, 2.24) is 19.9 Å². The molecule has 0 aliphatic carbocycles. The van der Waals surface area contributed by atoms with Gasteiger partial charge in [0.1, 0.15) is 18.0 Å². The van der Waals surface area contributed by atoms with Gasteiger partial charge in [0.05, 0.1) is 23.7 Å². The van der Waals surface area contributed by atoms with Gasteiger partial charge in [-0.1, -0.05) is 30.3 Å². The molecule has 3 aromatic heterocycles. The Hall–Kier alpha value is -3.56. The Kier molecular flexibility index (Phi) is 5.07. The van der Waals surface area contributed by atoms with Gasteiger partial charge in [-0.3, -0.25) is 0 Å². The molecule has 4 aromatic rings. The molecule has 144 valence electrons. The average Bonchev–Trinajstić information content (AvgIpc) is 3.37. The van der Waals surface area contributed by atoms with Crippen LogP contribution in [0, 0.1) is 17.1 Å². The number of fused-ring (bicyclic) bond motifs is 1. The van der Waals surface area contributed by atoms with Crippen molar-refractivity contribution < 1.29 is 4.39 Å². The first-order valence-electron chi connectivity index (χ1n) is 8.93. The molecule has 0 spiro atoms. The van der Waals surface area contributed by atoms with Gasteiger partial charge in [-0.2, -0.15) is 5.26 Å². The van der Waals surface area contributed by atoms with E-state index in [1.807, 2.05) is 29.2 Å². The average molecular weight is 406 g/mol. The minimum Gasteiger partial charge on any atom is -0.359 e. The third-order valence-corrected chi connectivity index (χ3v) is 4.96. The Labute approximate surface area is 172 Å². The number of rotatable bonds is 6. The van der Waals surface area contributed by atoms with E-state index in [1.165, 1.54) is 6.20 Å². The molecule has 2 N–H and O–H groups in total. The van der Waals surface area contributed by atoms with Crippen molar-refractivity contribution in [3.8, 4) is 17.2 Å². The van der Waals surface area contributed by atoms with Gasteiger partial charge in [-0.25, -0.2) is 9.37 Å². The molecular weight excluding hydrogens is 389 g/mol. The standard InChI is InChI=1S/C22H17ClFN5/c1-14(29(8-6-25)13-15-3-2-4-17(23)9-15)20-10-16(11-27-20)21-18-5-7-26-22(18)28-12-19(21)24/h2-5,7,9-12,27H,1,8,13H2,(H,26,28). The highest BCUT2D eigenvalue weighted by Gasteiger charge is 2.17. The molecule has 29 heavy (non-hydrogen) atoms. The lowest BCUT2D eigenvalue weighted by atomic mass is 10.1. The van der Waals surface area contributed by atoms with Gasteiger partial charge in [-0.05, 0) is 29.8 Å². The van der Waals surface area contributed by atoms with E-state index in [9.17, 15) is 9.65 Å². The van der Waals surface area contributed by atoms with Crippen LogP contribution in [0.1, 0.15) is 11.3 Å². The molecule has 4 rings (SSSR count). The van der Waals surface area contributed by atoms with E-state index >= 15 is 0 Å². The Morgan fingerprint density at radius 1 is 1.28 bits per heavy atom. The Morgan fingerprint density at radius 3 is 2.93 bits per heavy atom. The van der Waals surface area contributed by atoms with Gasteiger partial charge in [-0.15, -0.1) is 0 Å². The zero-order valence-electron chi connectivity index (χ0n) is 15.4. The van der Waals surface area contributed by atoms with Crippen molar-refractivity contribution in [3.05, 3.63) is 83.7 Å². The van der Waals surface area contributed by atoms with Crippen LogP contribution in [-0.2, 0) is 6.54 Å². The lowest BCUT2D eigenvalue weighted by molar-refractivity contribution is 0.436. The maximum absolute atomic E-state index is 14.5. The fourth-order valence-corrected chi connectivity index (χ4v) is 3.55. The van der Waals surface area contributed by atoms with Gasteiger partial charge in [0.25, 0.3) is 0 Å². The summed E-state index contributed by atoms with van der Waals surface area (Å²) in [6.07, 6.45) is 4.67. The molecule has 0 aliphatic heterocycles. The number of nitriles is 1. The molecule has 0 radical (unpaired) electrons. The summed E-state index contributed by atoms with van der Waals surface area (Å²) < 4.78 is 14.5. The number of hydrogen-bond donors (Lipinski definition) is 2. The van der Waals surface area contributed by atoms with E-state index in [4.69, 9.17) is 11.6 Å². The molecule has 1 aromatic carbocycles. The van der Waals surface area contributed by atoms with Crippen molar-refractivity contribution in [2.24, 2.45) is 0 Å². The predicted octanol–water partition coefficient (Wildman–Crippen LogP) is 5.35. The fraction of sp³-hybridized carbons (Fsp3) is 0.0909. The molecule has 0 fully saturated rings. The molecule has 0 bridgehead atoms. The number of aromatic nitrogens is 3. The molecule has 0 aliphatic rings. The summed E-state index contributed by atoms with van der Waals surface area (Å²) in [6, 6.07) is 13.3. The van der Waals surface area contributed by atoms with Gasteiger partial charge in [0.2, 0.25) is 0 Å². The second-order valence-electron chi connectivity index (χ2n) is 6.61. The largest absolute Gasteiger partial charge is 0.359 e. The third kappa shape index (κ3) is 3.73. The second kappa shape index (κ2) is 7.82. The first kappa shape index (κ1) is 18.8. The summed E-state index contributed by atoms with van der Waals surface area (Å²) in [7, 11) is 0. The first-order valence-corrected chi connectivity index (χ1v) is 9.30. The van der Waals surface area contributed by atoms with E-state index in [0.29, 0.717) is 45.1 Å². The van der Waals surface area contributed by atoms with Gasteiger partial charge in [0, 0.05) is 40.5 Å². The molecular formula is C22H17ClFN5. The minimum atomic E-state index is -0.402. The number of nitrogens with one attached hydrogen (secondary N) is 2. The topological polar surface area (TPSA) is 71.5 Å².